The Morgan fingerprint density at radius 1 is 1.27 bits per heavy atom. The second-order valence-electron chi connectivity index (χ2n) is 5.62. The van der Waals surface area contributed by atoms with Gasteiger partial charge in [0, 0.05) is 38.3 Å². The lowest BCUT2D eigenvalue weighted by molar-refractivity contribution is 0.0931. The SMILES string of the molecule is C=CCNC(=O)c1cccc(S(=O)(=O)N2CCN(C(=O)OCC)CC2)c1. The largest absolute Gasteiger partial charge is 0.450 e. The molecule has 26 heavy (non-hydrogen) atoms. The standard InChI is InChI=1S/C17H23N3O5S/c1-3-8-18-16(21)14-6-5-7-15(13-14)26(23,24)20-11-9-19(10-12-20)17(22)25-4-2/h3,5-7,13H,1,4,8-12H2,2H3,(H,18,21). The molecule has 0 spiro atoms. The molecular weight excluding hydrogens is 358 g/mol. The predicted octanol–water partition coefficient (Wildman–Crippen LogP) is 1.07. The van der Waals surface area contributed by atoms with Crippen molar-refractivity contribution < 1.29 is 22.7 Å². The number of hydrogen-bond donors (Lipinski definition) is 1. The molecular formula is C17H23N3O5S. The minimum Gasteiger partial charge on any atom is -0.450 e. The fourth-order valence-electron chi connectivity index (χ4n) is 2.54. The van der Waals surface area contributed by atoms with Gasteiger partial charge in [-0.3, -0.25) is 4.79 Å². The molecule has 1 aromatic carbocycles. The van der Waals surface area contributed by atoms with Crippen LogP contribution in [0.25, 0.3) is 0 Å². The van der Waals surface area contributed by atoms with Crippen LogP contribution in [0.15, 0.2) is 41.8 Å². The van der Waals surface area contributed by atoms with Crippen LogP contribution in [0.5, 0.6) is 0 Å². The molecule has 8 nitrogen and oxygen atoms in total. The van der Waals surface area contributed by atoms with Gasteiger partial charge in [0.15, 0.2) is 0 Å². The highest BCUT2D eigenvalue weighted by Gasteiger charge is 2.30. The number of hydrogen-bond acceptors (Lipinski definition) is 5. The van der Waals surface area contributed by atoms with Gasteiger partial charge in [0.05, 0.1) is 11.5 Å². The molecule has 2 rings (SSSR count). The smallest absolute Gasteiger partial charge is 0.409 e. The van der Waals surface area contributed by atoms with Crippen LogP contribution in [0.1, 0.15) is 17.3 Å². The monoisotopic (exact) mass is 381 g/mol. The third-order valence-corrected chi connectivity index (χ3v) is 5.80. The molecule has 0 bridgehead atoms. The minimum atomic E-state index is -3.75. The highest BCUT2D eigenvalue weighted by atomic mass is 32.2. The summed E-state index contributed by atoms with van der Waals surface area (Å²) in [5.74, 6) is -0.367. The third kappa shape index (κ3) is 4.61. The summed E-state index contributed by atoms with van der Waals surface area (Å²) in [6.45, 7) is 6.68. The van der Waals surface area contributed by atoms with Gasteiger partial charge in [-0.25, -0.2) is 13.2 Å². The van der Waals surface area contributed by atoms with E-state index in [9.17, 15) is 18.0 Å². The van der Waals surface area contributed by atoms with E-state index in [1.54, 1.807) is 19.1 Å². The van der Waals surface area contributed by atoms with Gasteiger partial charge in [-0.05, 0) is 25.1 Å². The molecule has 1 fully saturated rings. The first kappa shape index (κ1) is 19.9. The number of ether oxygens (including phenoxy) is 1. The highest BCUT2D eigenvalue weighted by Crippen LogP contribution is 2.19. The van der Waals surface area contributed by atoms with Gasteiger partial charge in [0.25, 0.3) is 5.91 Å². The van der Waals surface area contributed by atoms with Crippen molar-refractivity contribution in [3.8, 4) is 0 Å². The number of nitrogens with one attached hydrogen (secondary N) is 1. The van der Waals surface area contributed by atoms with Crippen molar-refractivity contribution in [2.24, 2.45) is 0 Å². The molecule has 1 saturated heterocycles. The third-order valence-electron chi connectivity index (χ3n) is 3.91. The van der Waals surface area contributed by atoms with Crippen LogP contribution in [0.2, 0.25) is 0 Å². The molecule has 1 N–H and O–H groups in total. The Hall–Kier alpha value is -2.39. The van der Waals surface area contributed by atoms with Crippen molar-refractivity contribution in [1.82, 2.24) is 14.5 Å². The molecule has 0 radical (unpaired) electrons. The topological polar surface area (TPSA) is 96.0 Å². The summed E-state index contributed by atoms with van der Waals surface area (Å²) in [5, 5.41) is 2.61. The first-order valence-corrected chi connectivity index (χ1v) is 9.75. The molecule has 1 heterocycles. The molecule has 0 atom stereocenters. The summed E-state index contributed by atoms with van der Waals surface area (Å²) >= 11 is 0. The molecule has 0 aliphatic carbocycles. The second kappa shape index (κ2) is 8.81. The molecule has 0 saturated carbocycles. The average Bonchev–Trinajstić information content (AvgIpc) is 2.66. The van der Waals surface area contributed by atoms with Crippen molar-refractivity contribution in [2.45, 2.75) is 11.8 Å². The minimum absolute atomic E-state index is 0.0494. The molecule has 0 unspecified atom stereocenters. The number of piperazine rings is 1. The number of benzene rings is 1. The molecule has 1 aliphatic rings. The lowest BCUT2D eigenvalue weighted by Gasteiger charge is -2.33. The summed E-state index contributed by atoms with van der Waals surface area (Å²) in [5.41, 5.74) is 0.262. The molecule has 2 amide bonds. The lowest BCUT2D eigenvalue weighted by Crippen LogP contribution is -2.50. The van der Waals surface area contributed by atoms with Crippen molar-refractivity contribution in [3.63, 3.8) is 0 Å². The van der Waals surface area contributed by atoms with Crippen LogP contribution in [-0.2, 0) is 14.8 Å². The first-order valence-electron chi connectivity index (χ1n) is 8.31. The Balaban J connectivity index is 2.10. The molecule has 1 aromatic rings. The van der Waals surface area contributed by atoms with Crippen LogP contribution in [0.3, 0.4) is 0 Å². The van der Waals surface area contributed by atoms with Crippen LogP contribution in [-0.4, -0.2) is 69.0 Å². The van der Waals surface area contributed by atoms with Gasteiger partial charge >= 0.3 is 6.09 Å². The molecule has 9 heteroatoms. The van der Waals surface area contributed by atoms with E-state index in [1.807, 2.05) is 0 Å². The zero-order valence-electron chi connectivity index (χ0n) is 14.7. The Labute approximate surface area is 153 Å². The number of amides is 2. The number of nitrogens with zero attached hydrogens (tertiary/aromatic N) is 2. The van der Waals surface area contributed by atoms with E-state index >= 15 is 0 Å². The van der Waals surface area contributed by atoms with E-state index in [4.69, 9.17) is 4.74 Å². The number of carbonyl (C=O) groups is 2. The summed E-state index contributed by atoms with van der Waals surface area (Å²) in [4.78, 5) is 25.3. The van der Waals surface area contributed by atoms with Crippen molar-refractivity contribution in [2.75, 3.05) is 39.3 Å². The average molecular weight is 381 g/mol. The molecule has 142 valence electrons. The zero-order valence-corrected chi connectivity index (χ0v) is 15.5. The Bertz CT molecular complexity index is 770. The van der Waals surface area contributed by atoms with Crippen LogP contribution in [0, 0.1) is 0 Å². The Kier molecular flexibility index (Phi) is 6.76. The van der Waals surface area contributed by atoms with Crippen LogP contribution >= 0.6 is 0 Å². The maximum absolute atomic E-state index is 12.8. The van der Waals surface area contributed by atoms with Gasteiger partial charge in [0.2, 0.25) is 10.0 Å². The summed E-state index contributed by atoms with van der Waals surface area (Å²) in [6, 6.07) is 5.89. The van der Waals surface area contributed by atoms with Gasteiger partial charge in [0.1, 0.15) is 0 Å². The van der Waals surface area contributed by atoms with E-state index < -0.39 is 16.1 Å². The number of carbonyl (C=O) groups excluding carboxylic acids is 2. The Morgan fingerprint density at radius 3 is 2.58 bits per heavy atom. The van der Waals surface area contributed by atoms with Crippen LogP contribution < -0.4 is 5.32 Å². The Morgan fingerprint density at radius 2 is 1.96 bits per heavy atom. The van der Waals surface area contributed by atoms with Crippen molar-refractivity contribution >= 4 is 22.0 Å². The van der Waals surface area contributed by atoms with Gasteiger partial charge in [-0.2, -0.15) is 4.31 Å². The van der Waals surface area contributed by atoms with E-state index in [2.05, 4.69) is 11.9 Å². The van der Waals surface area contributed by atoms with Crippen molar-refractivity contribution in [3.05, 3.63) is 42.5 Å². The van der Waals surface area contributed by atoms with Gasteiger partial charge in [-0.15, -0.1) is 6.58 Å². The lowest BCUT2D eigenvalue weighted by atomic mass is 10.2. The summed E-state index contributed by atoms with van der Waals surface area (Å²) in [6.07, 6.45) is 1.10. The number of rotatable bonds is 6. The highest BCUT2D eigenvalue weighted by molar-refractivity contribution is 7.89. The maximum atomic E-state index is 12.8. The normalized spacial score (nSPS) is 15.3. The number of sulfonamides is 1. The van der Waals surface area contributed by atoms with Gasteiger partial charge in [-0.1, -0.05) is 12.1 Å². The first-order chi connectivity index (χ1) is 12.4. The van der Waals surface area contributed by atoms with Gasteiger partial charge < -0.3 is 15.0 Å². The predicted molar refractivity (Wildman–Crippen MR) is 96.3 cm³/mol. The van der Waals surface area contributed by atoms with E-state index in [1.165, 1.54) is 27.4 Å². The fraction of sp³-hybridized carbons (Fsp3) is 0.412. The van der Waals surface area contributed by atoms with E-state index in [0.29, 0.717) is 6.54 Å². The van der Waals surface area contributed by atoms with E-state index in [0.717, 1.165) is 0 Å². The summed E-state index contributed by atoms with van der Waals surface area (Å²) < 4.78 is 31.9. The zero-order chi connectivity index (χ0) is 19.2. The fourth-order valence-corrected chi connectivity index (χ4v) is 4.01. The molecule has 1 aliphatic heterocycles. The quantitative estimate of drug-likeness (QED) is 0.744. The molecule has 0 aromatic heterocycles. The maximum Gasteiger partial charge on any atom is 0.409 e. The van der Waals surface area contributed by atoms with Crippen molar-refractivity contribution in [1.29, 1.82) is 0 Å². The second-order valence-corrected chi connectivity index (χ2v) is 7.55. The summed E-state index contributed by atoms with van der Waals surface area (Å²) in [7, 11) is -3.75. The van der Waals surface area contributed by atoms with Crippen LogP contribution in [0.4, 0.5) is 4.79 Å². The van der Waals surface area contributed by atoms with E-state index in [-0.39, 0.29) is 49.2 Å².